The van der Waals surface area contributed by atoms with Crippen molar-refractivity contribution in [2.45, 2.75) is 25.2 Å². The summed E-state index contributed by atoms with van der Waals surface area (Å²) in [5.41, 5.74) is 6.52. The number of rotatable bonds is 6. The summed E-state index contributed by atoms with van der Waals surface area (Å²) in [5, 5.41) is 8.28. The zero-order valence-corrected chi connectivity index (χ0v) is 11.6. The highest BCUT2D eigenvalue weighted by atomic mass is 32.2. The van der Waals surface area contributed by atoms with Crippen molar-refractivity contribution in [3.05, 3.63) is 24.3 Å². The zero-order valence-electron chi connectivity index (χ0n) is 10.8. The summed E-state index contributed by atoms with van der Waals surface area (Å²) in [6, 6.07) is 6.40. The topological polar surface area (TPSA) is 98.2 Å². The molecule has 0 spiro atoms. The molecule has 0 aliphatic rings. The highest BCUT2D eigenvalue weighted by molar-refractivity contribution is 7.89. The second-order valence-electron chi connectivity index (χ2n) is 5.13. The Hall–Kier alpha value is -1.11. The van der Waals surface area contributed by atoms with Crippen LogP contribution in [-0.2, 0) is 10.0 Å². The molecule has 102 valence electrons. The number of nitrogens with one attached hydrogen (secondary N) is 1. The first-order valence-corrected chi connectivity index (χ1v) is 7.36. The van der Waals surface area contributed by atoms with Crippen LogP contribution in [0.1, 0.15) is 20.3 Å². The molecule has 18 heavy (non-hydrogen) atoms. The number of sulfonamides is 1. The lowest BCUT2D eigenvalue weighted by Crippen LogP contribution is -2.26. The number of hydrogen-bond acceptors (Lipinski definition) is 4. The fourth-order valence-electron chi connectivity index (χ4n) is 1.58. The van der Waals surface area contributed by atoms with E-state index in [0.717, 1.165) is 18.7 Å². The average molecular weight is 271 g/mol. The van der Waals surface area contributed by atoms with Crippen molar-refractivity contribution in [2.24, 2.45) is 16.3 Å². The third kappa shape index (κ3) is 4.64. The van der Waals surface area contributed by atoms with Crippen molar-refractivity contribution in [3.63, 3.8) is 0 Å². The van der Waals surface area contributed by atoms with Crippen LogP contribution < -0.4 is 16.2 Å². The molecule has 1 aromatic carbocycles. The van der Waals surface area contributed by atoms with Gasteiger partial charge in [0.1, 0.15) is 0 Å². The predicted octanol–water partition coefficient (Wildman–Crippen LogP) is 1.12. The van der Waals surface area contributed by atoms with Gasteiger partial charge in [0.15, 0.2) is 0 Å². The van der Waals surface area contributed by atoms with Gasteiger partial charge >= 0.3 is 0 Å². The number of primary sulfonamides is 1. The molecule has 1 rings (SSSR count). The molecular formula is C12H21N3O2S. The molecule has 0 saturated heterocycles. The summed E-state index contributed by atoms with van der Waals surface area (Å²) in [7, 11) is -3.62. The van der Waals surface area contributed by atoms with Crippen molar-refractivity contribution in [1.29, 1.82) is 0 Å². The normalized spacial score (nSPS) is 12.4. The van der Waals surface area contributed by atoms with Crippen LogP contribution in [0.4, 0.5) is 5.69 Å². The smallest absolute Gasteiger partial charge is 0.238 e. The fourth-order valence-corrected chi connectivity index (χ4v) is 2.10. The predicted molar refractivity (Wildman–Crippen MR) is 73.8 cm³/mol. The van der Waals surface area contributed by atoms with Gasteiger partial charge in [-0.2, -0.15) is 0 Å². The van der Waals surface area contributed by atoms with Crippen LogP contribution in [0.25, 0.3) is 0 Å². The SMILES string of the molecule is CC(C)(CCN)CNc1ccc(S(N)(=O)=O)cc1. The molecule has 5 N–H and O–H groups in total. The van der Waals surface area contributed by atoms with E-state index in [-0.39, 0.29) is 10.3 Å². The first kappa shape index (κ1) is 14.9. The Morgan fingerprint density at radius 3 is 2.22 bits per heavy atom. The first-order chi connectivity index (χ1) is 8.24. The van der Waals surface area contributed by atoms with Gasteiger partial charge in [0, 0.05) is 12.2 Å². The van der Waals surface area contributed by atoms with Gasteiger partial charge in [-0.05, 0) is 42.6 Å². The van der Waals surface area contributed by atoms with Crippen LogP contribution in [0.5, 0.6) is 0 Å². The molecule has 0 atom stereocenters. The summed E-state index contributed by atoms with van der Waals surface area (Å²) in [4.78, 5) is 0.120. The lowest BCUT2D eigenvalue weighted by molar-refractivity contribution is 0.365. The third-order valence-electron chi connectivity index (χ3n) is 2.78. The van der Waals surface area contributed by atoms with Crippen molar-refractivity contribution >= 4 is 15.7 Å². The van der Waals surface area contributed by atoms with Gasteiger partial charge in [-0.1, -0.05) is 13.8 Å². The standard InChI is InChI=1S/C12H21N3O2S/c1-12(2,7-8-13)9-15-10-3-5-11(6-4-10)18(14,16)17/h3-6,15H,7-9,13H2,1-2H3,(H2,14,16,17). The van der Waals surface area contributed by atoms with Crippen LogP contribution in [0.2, 0.25) is 0 Å². The number of hydrogen-bond donors (Lipinski definition) is 3. The minimum Gasteiger partial charge on any atom is -0.385 e. The Labute approximate surface area is 109 Å². The minimum atomic E-state index is -3.62. The number of nitrogens with two attached hydrogens (primary N) is 2. The first-order valence-electron chi connectivity index (χ1n) is 5.81. The van der Waals surface area contributed by atoms with Crippen molar-refractivity contribution < 1.29 is 8.42 Å². The maximum absolute atomic E-state index is 11.1. The van der Waals surface area contributed by atoms with Gasteiger partial charge in [-0.15, -0.1) is 0 Å². The molecule has 0 fully saturated rings. The van der Waals surface area contributed by atoms with Crippen LogP contribution in [0, 0.1) is 5.41 Å². The summed E-state index contributed by atoms with van der Waals surface area (Å²) in [6.07, 6.45) is 0.926. The van der Waals surface area contributed by atoms with E-state index in [9.17, 15) is 8.42 Å². The van der Waals surface area contributed by atoms with Crippen LogP contribution in [0.3, 0.4) is 0 Å². The second-order valence-corrected chi connectivity index (χ2v) is 6.69. The minimum absolute atomic E-state index is 0.105. The monoisotopic (exact) mass is 271 g/mol. The van der Waals surface area contributed by atoms with E-state index >= 15 is 0 Å². The molecule has 0 bridgehead atoms. The number of benzene rings is 1. The fraction of sp³-hybridized carbons (Fsp3) is 0.500. The Balaban J connectivity index is 2.65. The highest BCUT2D eigenvalue weighted by Crippen LogP contribution is 2.21. The lowest BCUT2D eigenvalue weighted by Gasteiger charge is -2.24. The third-order valence-corrected chi connectivity index (χ3v) is 3.70. The summed E-state index contributed by atoms with van der Waals surface area (Å²) < 4.78 is 22.2. The Morgan fingerprint density at radius 2 is 1.78 bits per heavy atom. The van der Waals surface area contributed by atoms with Crippen LogP contribution in [-0.4, -0.2) is 21.5 Å². The van der Waals surface area contributed by atoms with Gasteiger partial charge < -0.3 is 11.1 Å². The molecular weight excluding hydrogens is 250 g/mol. The maximum atomic E-state index is 11.1. The Kier molecular flexibility index (Phi) is 4.72. The molecule has 1 aromatic rings. The van der Waals surface area contributed by atoms with E-state index in [0.29, 0.717) is 6.54 Å². The maximum Gasteiger partial charge on any atom is 0.238 e. The van der Waals surface area contributed by atoms with Crippen molar-refractivity contribution in [3.8, 4) is 0 Å². The van der Waals surface area contributed by atoms with Crippen LogP contribution in [0.15, 0.2) is 29.2 Å². The molecule has 0 heterocycles. The van der Waals surface area contributed by atoms with E-state index in [1.54, 1.807) is 12.1 Å². The van der Waals surface area contributed by atoms with Gasteiger partial charge in [-0.3, -0.25) is 0 Å². The van der Waals surface area contributed by atoms with Gasteiger partial charge in [0.05, 0.1) is 4.90 Å². The lowest BCUT2D eigenvalue weighted by atomic mass is 9.89. The van der Waals surface area contributed by atoms with E-state index in [2.05, 4.69) is 19.2 Å². The molecule has 0 aliphatic heterocycles. The second kappa shape index (κ2) is 5.69. The quantitative estimate of drug-likeness (QED) is 0.722. The van der Waals surface area contributed by atoms with Crippen molar-refractivity contribution in [1.82, 2.24) is 0 Å². The zero-order chi connectivity index (χ0) is 13.8. The average Bonchev–Trinajstić information content (AvgIpc) is 2.26. The molecule has 0 amide bonds. The summed E-state index contributed by atoms with van der Waals surface area (Å²) >= 11 is 0. The van der Waals surface area contributed by atoms with Gasteiger partial charge in [0.25, 0.3) is 0 Å². The van der Waals surface area contributed by atoms with Gasteiger partial charge in [0.2, 0.25) is 10.0 Å². The van der Waals surface area contributed by atoms with Crippen LogP contribution >= 0.6 is 0 Å². The van der Waals surface area contributed by atoms with E-state index < -0.39 is 10.0 Å². The summed E-state index contributed by atoms with van der Waals surface area (Å²) in [5.74, 6) is 0. The van der Waals surface area contributed by atoms with E-state index in [1.807, 2.05) is 0 Å². The number of anilines is 1. The Bertz CT molecular complexity index is 481. The molecule has 0 saturated carbocycles. The molecule has 0 aromatic heterocycles. The molecule has 0 aliphatic carbocycles. The van der Waals surface area contributed by atoms with E-state index in [1.165, 1.54) is 12.1 Å². The molecule has 5 nitrogen and oxygen atoms in total. The van der Waals surface area contributed by atoms with Gasteiger partial charge in [-0.25, -0.2) is 13.6 Å². The largest absolute Gasteiger partial charge is 0.385 e. The molecule has 6 heteroatoms. The highest BCUT2D eigenvalue weighted by Gasteiger charge is 2.16. The van der Waals surface area contributed by atoms with E-state index in [4.69, 9.17) is 10.9 Å². The molecule has 0 radical (unpaired) electrons. The van der Waals surface area contributed by atoms with Crippen molar-refractivity contribution in [2.75, 3.05) is 18.4 Å². The molecule has 0 unspecified atom stereocenters. The summed E-state index contributed by atoms with van der Waals surface area (Å²) in [6.45, 7) is 5.69. The Morgan fingerprint density at radius 1 is 1.22 bits per heavy atom.